The van der Waals surface area contributed by atoms with Gasteiger partial charge in [-0.1, -0.05) is 48.5 Å². The first-order valence-electron chi connectivity index (χ1n) is 11.3. The molecule has 1 fully saturated rings. The van der Waals surface area contributed by atoms with Gasteiger partial charge in [-0.25, -0.2) is 4.98 Å². The highest BCUT2D eigenvalue weighted by atomic mass is 32.2. The smallest absolute Gasteiger partial charge is 0.294 e. The molecule has 1 aliphatic heterocycles. The number of imide groups is 1. The van der Waals surface area contributed by atoms with Crippen LogP contribution in [-0.2, 0) is 9.59 Å². The van der Waals surface area contributed by atoms with Gasteiger partial charge in [0.1, 0.15) is 18.5 Å². The largest absolute Gasteiger partial charge is 0.439 e. The van der Waals surface area contributed by atoms with Crippen molar-refractivity contribution >= 4 is 57.0 Å². The molecule has 4 aromatic rings. The lowest BCUT2D eigenvalue weighted by molar-refractivity contribution is -0.385. The van der Waals surface area contributed by atoms with Crippen LogP contribution in [0.1, 0.15) is 5.56 Å². The molecule has 0 atom stereocenters. The van der Waals surface area contributed by atoms with E-state index >= 15 is 0 Å². The summed E-state index contributed by atoms with van der Waals surface area (Å²) in [4.78, 5) is 53.2. The molecule has 1 aromatic heterocycles. The highest BCUT2D eigenvalue weighted by molar-refractivity contribution is 8.18. The van der Waals surface area contributed by atoms with E-state index in [0.29, 0.717) is 17.0 Å². The molecular weight excluding hydrogens is 508 g/mol. The number of nitrogens with one attached hydrogen (secondary N) is 1. The number of anilines is 1. The Morgan fingerprint density at radius 3 is 2.53 bits per heavy atom. The normalized spacial score (nSPS) is 14.2. The minimum atomic E-state index is -0.552. The molecule has 1 saturated heterocycles. The molecule has 2 heterocycles. The van der Waals surface area contributed by atoms with Crippen LogP contribution in [0.5, 0.6) is 11.6 Å². The van der Waals surface area contributed by atoms with Crippen molar-refractivity contribution < 1.29 is 24.0 Å². The zero-order valence-electron chi connectivity index (χ0n) is 19.6. The molecule has 0 spiro atoms. The molecule has 188 valence electrons. The molecule has 1 N–H and O–H groups in total. The number of amides is 3. The zero-order valence-corrected chi connectivity index (χ0v) is 20.4. The predicted molar refractivity (Wildman–Crippen MR) is 143 cm³/mol. The molecule has 10 nitrogen and oxygen atoms in total. The van der Waals surface area contributed by atoms with Crippen LogP contribution in [-0.4, -0.2) is 38.4 Å². The van der Waals surface area contributed by atoms with Gasteiger partial charge in [0.2, 0.25) is 11.8 Å². The van der Waals surface area contributed by atoms with Crippen LogP contribution in [0.2, 0.25) is 0 Å². The van der Waals surface area contributed by atoms with Crippen LogP contribution < -0.4 is 10.1 Å². The van der Waals surface area contributed by atoms with E-state index in [4.69, 9.17) is 4.74 Å². The van der Waals surface area contributed by atoms with Crippen LogP contribution in [0.4, 0.5) is 16.2 Å². The maximum absolute atomic E-state index is 12.9. The molecule has 5 rings (SSSR count). The summed E-state index contributed by atoms with van der Waals surface area (Å²) >= 11 is 0.760. The van der Waals surface area contributed by atoms with Crippen molar-refractivity contribution in [1.29, 1.82) is 0 Å². The van der Waals surface area contributed by atoms with Crippen molar-refractivity contribution in [2.24, 2.45) is 0 Å². The first kappa shape index (κ1) is 24.7. The number of nitro groups is 1. The van der Waals surface area contributed by atoms with E-state index in [1.807, 2.05) is 36.4 Å². The average Bonchev–Trinajstić information content (AvgIpc) is 3.17. The van der Waals surface area contributed by atoms with E-state index in [9.17, 15) is 24.5 Å². The average molecular weight is 527 g/mol. The van der Waals surface area contributed by atoms with E-state index in [-0.39, 0.29) is 16.5 Å². The SMILES string of the molecule is O=C(CN1C(=O)S/C(=C\c2ccc(Oc3ccc([N+](=O)[O-])cn3)cc2)C1=O)Nc1cccc2ccccc12. The van der Waals surface area contributed by atoms with Gasteiger partial charge in [0, 0.05) is 23.2 Å². The van der Waals surface area contributed by atoms with Gasteiger partial charge in [-0.3, -0.25) is 29.4 Å². The summed E-state index contributed by atoms with van der Waals surface area (Å²) in [6, 6.07) is 22.4. The van der Waals surface area contributed by atoms with Crippen molar-refractivity contribution in [1.82, 2.24) is 9.88 Å². The van der Waals surface area contributed by atoms with Crippen LogP contribution >= 0.6 is 11.8 Å². The molecule has 0 saturated carbocycles. The Bertz CT molecular complexity index is 1600. The van der Waals surface area contributed by atoms with Gasteiger partial charge < -0.3 is 10.1 Å². The van der Waals surface area contributed by atoms with Gasteiger partial charge in [-0.05, 0) is 47.0 Å². The lowest BCUT2D eigenvalue weighted by atomic mass is 10.1. The number of thioether (sulfide) groups is 1. The second-order valence-corrected chi connectivity index (χ2v) is 9.12. The highest BCUT2D eigenvalue weighted by Gasteiger charge is 2.36. The van der Waals surface area contributed by atoms with Crippen molar-refractivity contribution in [3.63, 3.8) is 0 Å². The first-order valence-corrected chi connectivity index (χ1v) is 12.1. The molecule has 38 heavy (non-hydrogen) atoms. The maximum atomic E-state index is 12.9. The third-order valence-electron chi connectivity index (χ3n) is 5.57. The number of rotatable bonds is 7. The molecule has 11 heteroatoms. The molecule has 3 aromatic carbocycles. The predicted octanol–water partition coefficient (Wildman–Crippen LogP) is 5.61. The van der Waals surface area contributed by atoms with Gasteiger partial charge in [0.25, 0.3) is 16.8 Å². The number of carbonyl (C=O) groups excluding carboxylic acids is 3. The third-order valence-corrected chi connectivity index (χ3v) is 6.48. The van der Waals surface area contributed by atoms with Gasteiger partial charge in [-0.15, -0.1) is 0 Å². The maximum Gasteiger partial charge on any atom is 0.294 e. The van der Waals surface area contributed by atoms with Gasteiger partial charge in [0.05, 0.1) is 9.83 Å². The van der Waals surface area contributed by atoms with Crippen molar-refractivity contribution in [2.75, 3.05) is 11.9 Å². The number of hydrogen-bond acceptors (Lipinski definition) is 8. The minimum Gasteiger partial charge on any atom is -0.439 e. The molecule has 1 aliphatic rings. The lowest BCUT2D eigenvalue weighted by Crippen LogP contribution is -2.36. The van der Waals surface area contributed by atoms with Crippen molar-refractivity contribution in [3.8, 4) is 11.6 Å². The summed E-state index contributed by atoms with van der Waals surface area (Å²) in [6.45, 7) is -0.403. The number of fused-ring (bicyclic) bond motifs is 1. The Kier molecular flexibility index (Phi) is 6.83. The molecule has 0 radical (unpaired) electrons. The Morgan fingerprint density at radius 2 is 1.79 bits per heavy atom. The quantitative estimate of drug-likeness (QED) is 0.187. The highest BCUT2D eigenvalue weighted by Crippen LogP contribution is 2.33. The Hall–Kier alpha value is -5.03. The standard InChI is InChI=1S/C27H18N4O6S/c32-24(29-22-7-3-5-18-4-1-2-6-21(18)22)16-30-26(33)23(38-27(30)34)14-17-8-11-20(12-9-17)37-25-13-10-19(15-28-25)31(35)36/h1-15H,16H2,(H,29,32)/b23-14-. The zero-order chi connectivity index (χ0) is 26.6. The van der Waals surface area contributed by atoms with Gasteiger partial charge >= 0.3 is 0 Å². The molecule has 3 amide bonds. The fraction of sp³-hybridized carbons (Fsp3) is 0.0370. The van der Waals surface area contributed by atoms with Gasteiger partial charge in [0.15, 0.2) is 0 Å². The number of nitrogens with zero attached hydrogens (tertiary/aromatic N) is 3. The van der Waals surface area contributed by atoms with E-state index < -0.39 is 28.5 Å². The van der Waals surface area contributed by atoms with Crippen LogP contribution in [0.3, 0.4) is 0 Å². The summed E-state index contributed by atoms with van der Waals surface area (Å²) in [7, 11) is 0. The summed E-state index contributed by atoms with van der Waals surface area (Å²) in [5.41, 5.74) is 1.09. The van der Waals surface area contributed by atoms with E-state index in [2.05, 4.69) is 10.3 Å². The summed E-state index contributed by atoms with van der Waals surface area (Å²) in [5.74, 6) is -0.414. The minimum absolute atomic E-state index is 0.146. The third kappa shape index (κ3) is 5.37. The van der Waals surface area contributed by atoms with E-state index in [1.54, 1.807) is 36.4 Å². The van der Waals surface area contributed by atoms with Crippen LogP contribution in [0.15, 0.2) is 90.0 Å². The molecule has 0 aliphatic carbocycles. The Balaban J connectivity index is 1.23. The Morgan fingerprint density at radius 1 is 1.03 bits per heavy atom. The first-order chi connectivity index (χ1) is 18.4. The van der Waals surface area contributed by atoms with Crippen LogP contribution in [0.25, 0.3) is 16.8 Å². The topological polar surface area (TPSA) is 132 Å². The summed E-state index contributed by atoms with van der Waals surface area (Å²) in [5, 5.41) is 14.8. The fourth-order valence-electron chi connectivity index (χ4n) is 3.75. The monoisotopic (exact) mass is 526 g/mol. The number of hydrogen-bond donors (Lipinski definition) is 1. The number of benzene rings is 3. The second-order valence-electron chi connectivity index (χ2n) is 8.13. The molecular formula is C27H18N4O6S. The molecule has 0 unspecified atom stereocenters. The lowest BCUT2D eigenvalue weighted by Gasteiger charge is -2.13. The van der Waals surface area contributed by atoms with Crippen LogP contribution in [0, 0.1) is 10.1 Å². The van der Waals surface area contributed by atoms with E-state index in [1.165, 1.54) is 12.1 Å². The number of carbonyl (C=O) groups is 3. The van der Waals surface area contributed by atoms with Crippen molar-refractivity contribution in [3.05, 3.63) is 106 Å². The number of pyridine rings is 1. The van der Waals surface area contributed by atoms with Gasteiger partial charge in [-0.2, -0.15) is 0 Å². The Labute approximate surface area is 220 Å². The molecule has 0 bridgehead atoms. The van der Waals surface area contributed by atoms with E-state index in [0.717, 1.165) is 33.6 Å². The fourth-order valence-corrected chi connectivity index (χ4v) is 4.59. The summed E-state index contributed by atoms with van der Waals surface area (Å²) in [6.07, 6.45) is 2.66. The second kappa shape index (κ2) is 10.5. The van der Waals surface area contributed by atoms with Crippen molar-refractivity contribution in [2.45, 2.75) is 0 Å². The summed E-state index contributed by atoms with van der Waals surface area (Å²) < 4.78 is 5.58. The number of aromatic nitrogens is 1. The number of ether oxygens (including phenoxy) is 1.